The highest BCUT2D eigenvalue weighted by Crippen LogP contribution is 2.31. The Kier molecular flexibility index (Phi) is 7.64. The van der Waals surface area contributed by atoms with Crippen LogP contribution >= 0.6 is 0 Å². The number of carbonyl (C=O) groups excluding carboxylic acids is 1. The third-order valence-electron chi connectivity index (χ3n) is 4.66. The summed E-state index contributed by atoms with van der Waals surface area (Å²) < 4.78 is 52.5. The molecule has 5 atom stereocenters. The number of aliphatic hydroxyl groups excluding tert-OH is 1. The van der Waals surface area contributed by atoms with E-state index in [0.717, 1.165) is 5.56 Å². The molecule has 0 unspecified atom stereocenters. The number of ether oxygens (including phenoxy) is 3. The monoisotopic (exact) mass is 390 g/mol. The van der Waals surface area contributed by atoms with E-state index in [0.29, 0.717) is 13.2 Å². The zero-order valence-corrected chi connectivity index (χ0v) is 15.3. The summed E-state index contributed by atoms with van der Waals surface area (Å²) in [6.07, 6.45) is -6.89. The van der Waals surface area contributed by atoms with Crippen molar-refractivity contribution in [1.29, 1.82) is 0 Å². The average molecular weight is 390 g/mol. The Morgan fingerprint density at radius 2 is 2.00 bits per heavy atom. The van der Waals surface area contributed by atoms with Gasteiger partial charge in [0.25, 0.3) is 0 Å². The minimum atomic E-state index is -5.04. The molecule has 1 heterocycles. The van der Waals surface area contributed by atoms with E-state index < -0.39 is 37.1 Å². The van der Waals surface area contributed by atoms with Gasteiger partial charge in [0.2, 0.25) is 0 Å². The fourth-order valence-electron chi connectivity index (χ4n) is 3.15. The number of benzene rings is 1. The second-order valence-corrected chi connectivity index (χ2v) is 6.96. The van der Waals surface area contributed by atoms with Gasteiger partial charge in [-0.25, -0.2) is 4.79 Å². The lowest BCUT2D eigenvalue weighted by molar-refractivity contribution is -0.211. The number of esters is 1. The van der Waals surface area contributed by atoms with Crippen molar-refractivity contribution in [2.75, 3.05) is 13.2 Å². The van der Waals surface area contributed by atoms with Gasteiger partial charge in [0.1, 0.15) is 6.61 Å². The van der Waals surface area contributed by atoms with Crippen molar-refractivity contribution >= 4 is 5.97 Å². The summed E-state index contributed by atoms with van der Waals surface area (Å²) in [6, 6.07) is 9.63. The minimum absolute atomic E-state index is 0.0977. The lowest BCUT2D eigenvalue weighted by Gasteiger charge is -2.40. The number of rotatable bonds is 7. The van der Waals surface area contributed by atoms with Gasteiger partial charge in [-0.1, -0.05) is 44.2 Å². The van der Waals surface area contributed by atoms with Crippen molar-refractivity contribution in [3.8, 4) is 0 Å². The maximum atomic E-state index is 12.2. The fourth-order valence-corrected chi connectivity index (χ4v) is 3.15. The third kappa shape index (κ3) is 6.48. The van der Waals surface area contributed by atoms with E-state index in [1.807, 2.05) is 44.2 Å². The second-order valence-electron chi connectivity index (χ2n) is 6.96. The molecule has 0 radical (unpaired) electrons. The highest BCUT2D eigenvalue weighted by atomic mass is 19.4. The zero-order valence-electron chi connectivity index (χ0n) is 15.3. The molecular weight excluding hydrogens is 365 g/mol. The number of alkyl halides is 3. The highest BCUT2D eigenvalue weighted by molar-refractivity contribution is 5.75. The Morgan fingerprint density at radius 1 is 1.33 bits per heavy atom. The summed E-state index contributed by atoms with van der Waals surface area (Å²) in [5, 5.41) is 10.2. The van der Waals surface area contributed by atoms with Crippen LogP contribution in [0.5, 0.6) is 0 Å². The lowest BCUT2D eigenvalue weighted by atomic mass is 9.84. The molecule has 0 aromatic heterocycles. The molecule has 1 aliphatic rings. The standard InChI is InChI=1S/C19H25F3O5/c1-12(9-25-10-14-6-4-3-5-7-14)17-13(2)16(23)8-15(27-17)11-26-18(24)19(20,21)22/h3-7,12-13,15-17,23H,8-11H2,1-2H3/t12-,13+,15-,16-,17-/m0/s1. The number of carbonyl (C=O) groups is 1. The molecular formula is C19H25F3O5. The normalized spacial score (nSPS) is 27.2. The Bertz CT molecular complexity index is 593. The van der Waals surface area contributed by atoms with Crippen molar-refractivity contribution in [2.24, 2.45) is 11.8 Å². The summed E-state index contributed by atoms with van der Waals surface area (Å²) in [5.74, 6) is -2.57. The van der Waals surface area contributed by atoms with Gasteiger partial charge in [-0.2, -0.15) is 13.2 Å². The van der Waals surface area contributed by atoms with E-state index >= 15 is 0 Å². The van der Waals surface area contributed by atoms with Gasteiger partial charge in [-0.3, -0.25) is 0 Å². The Labute approximate surface area is 156 Å². The molecule has 1 aromatic rings. The molecule has 1 fully saturated rings. The van der Waals surface area contributed by atoms with Crippen LogP contribution in [-0.2, 0) is 25.6 Å². The van der Waals surface area contributed by atoms with Gasteiger partial charge in [0.15, 0.2) is 0 Å². The summed E-state index contributed by atoms with van der Waals surface area (Å²) in [6.45, 7) is 3.97. The van der Waals surface area contributed by atoms with E-state index in [4.69, 9.17) is 9.47 Å². The summed E-state index contributed by atoms with van der Waals surface area (Å²) >= 11 is 0. The number of hydrogen-bond donors (Lipinski definition) is 1. The van der Waals surface area contributed by atoms with Crippen LogP contribution in [0.1, 0.15) is 25.8 Å². The largest absolute Gasteiger partial charge is 0.490 e. The second kappa shape index (κ2) is 9.52. The Morgan fingerprint density at radius 3 is 2.63 bits per heavy atom. The molecule has 0 amide bonds. The van der Waals surface area contributed by atoms with E-state index in [2.05, 4.69) is 4.74 Å². The summed E-state index contributed by atoms with van der Waals surface area (Å²) in [4.78, 5) is 10.9. The smallest absolute Gasteiger partial charge is 0.456 e. The van der Waals surface area contributed by atoms with Gasteiger partial charge in [-0.15, -0.1) is 0 Å². The summed E-state index contributed by atoms with van der Waals surface area (Å²) in [5.41, 5.74) is 1.03. The fraction of sp³-hybridized carbons (Fsp3) is 0.632. The van der Waals surface area contributed by atoms with Crippen molar-refractivity contribution in [1.82, 2.24) is 0 Å². The van der Waals surface area contributed by atoms with E-state index in [1.54, 1.807) is 0 Å². The molecule has 8 heteroatoms. The van der Waals surface area contributed by atoms with Crippen LogP contribution in [0.4, 0.5) is 13.2 Å². The molecule has 152 valence electrons. The molecule has 2 rings (SSSR count). The van der Waals surface area contributed by atoms with Gasteiger partial charge >= 0.3 is 12.1 Å². The van der Waals surface area contributed by atoms with Gasteiger partial charge in [0, 0.05) is 18.3 Å². The quantitative estimate of drug-likeness (QED) is 0.725. The third-order valence-corrected chi connectivity index (χ3v) is 4.66. The Hall–Kier alpha value is -1.64. The van der Waals surface area contributed by atoms with Crippen molar-refractivity contribution < 1.29 is 37.3 Å². The van der Waals surface area contributed by atoms with Crippen molar-refractivity contribution in [2.45, 2.75) is 51.4 Å². The molecule has 1 aromatic carbocycles. The first-order valence-electron chi connectivity index (χ1n) is 8.87. The van der Waals surface area contributed by atoms with Crippen LogP contribution in [-0.4, -0.2) is 48.8 Å². The maximum Gasteiger partial charge on any atom is 0.490 e. The van der Waals surface area contributed by atoms with Crippen molar-refractivity contribution in [3.05, 3.63) is 35.9 Å². The van der Waals surface area contributed by atoms with E-state index in [1.165, 1.54) is 0 Å². The van der Waals surface area contributed by atoms with Gasteiger partial charge < -0.3 is 19.3 Å². The van der Waals surface area contributed by atoms with Crippen LogP contribution in [0, 0.1) is 11.8 Å². The maximum absolute atomic E-state index is 12.2. The summed E-state index contributed by atoms with van der Waals surface area (Å²) in [7, 11) is 0. The first-order chi connectivity index (χ1) is 12.7. The zero-order chi connectivity index (χ0) is 20.0. The highest BCUT2D eigenvalue weighted by Gasteiger charge is 2.43. The minimum Gasteiger partial charge on any atom is -0.456 e. The number of halogens is 3. The SMILES string of the molecule is C[C@H]1[C@H]([C@@H](C)COCc2ccccc2)O[C@H](COC(=O)C(F)(F)F)C[C@@H]1O. The van der Waals surface area contributed by atoms with Gasteiger partial charge in [-0.05, 0) is 5.56 Å². The molecule has 1 N–H and O–H groups in total. The first-order valence-corrected chi connectivity index (χ1v) is 8.87. The van der Waals surface area contributed by atoms with Crippen LogP contribution in [0.15, 0.2) is 30.3 Å². The van der Waals surface area contributed by atoms with Crippen molar-refractivity contribution in [3.63, 3.8) is 0 Å². The molecule has 1 saturated heterocycles. The molecule has 5 nitrogen and oxygen atoms in total. The first kappa shape index (κ1) is 21.7. The molecule has 0 aliphatic carbocycles. The topological polar surface area (TPSA) is 65.0 Å². The predicted octanol–water partition coefficient (Wildman–Crippen LogP) is 3.10. The predicted molar refractivity (Wildman–Crippen MR) is 90.7 cm³/mol. The molecule has 1 aliphatic heterocycles. The molecule has 27 heavy (non-hydrogen) atoms. The van der Waals surface area contributed by atoms with Crippen LogP contribution in [0.2, 0.25) is 0 Å². The van der Waals surface area contributed by atoms with Crippen LogP contribution in [0.3, 0.4) is 0 Å². The van der Waals surface area contributed by atoms with Gasteiger partial charge in [0.05, 0.1) is 31.5 Å². The van der Waals surface area contributed by atoms with Crippen LogP contribution < -0.4 is 0 Å². The number of hydrogen-bond acceptors (Lipinski definition) is 5. The lowest BCUT2D eigenvalue weighted by Crippen LogP contribution is -2.48. The average Bonchev–Trinajstić information content (AvgIpc) is 2.62. The molecule has 0 saturated carbocycles. The van der Waals surface area contributed by atoms with Crippen LogP contribution in [0.25, 0.3) is 0 Å². The number of aliphatic hydroxyl groups is 1. The Balaban J connectivity index is 1.85. The van der Waals surface area contributed by atoms with E-state index in [-0.39, 0.29) is 18.3 Å². The molecule has 0 spiro atoms. The molecule has 0 bridgehead atoms. The van der Waals surface area contributed by atoms with E-state index in [9.17, 15) is 23.1 Å².